The number of benzene rings is 2. The molecule has 1 aromatic heterocycles. The van der Waals surface area contributed by atoms with E-state index < -0.39 is 0 Å². The van der Waals surface area contributed by atoms with Crippen molar-refractivity contribution < 1.29 is 14.0 Å². The number of furan rings is 1. The Hall–Kier alpha value is -3.87. The quantitative estimate of drug-likeness (QED) is 0.624. The molecule has 1 saturated heterocycles. The van der Waals surface area contributed by atoms with Crippen LogP contribution in [0.15, 0.2) is 64.1 Å². The number of para-hydroxylation sites is 1. The lowest BCUT2D eigenvalue weighted by Gasteiger charge is -2.39. The van der Waals surface area contributed by atoms with Crippen LogP contribution < -0.4 is 5.32 Å². The first-order chi connectivity index (χ1) is 16.9. The van der Waals surface area contributed by atoms with Gasteiger partial charge in [0.15, 0.2) is 5.84 Å². The molecule has 2 aliphatic heterocycles. The molecule has 3 heterocycles. The summed E-state index contributed by atoms with van der Waals surface area (Å²) in [5.74, 6) is 0.796. The van der Waals surface area contributed by atoms with E-state index in [4.69, 9.17) is 4.42 Å². The van der Waals surface area contributed by atoms with Gasteiger partial charge in [-0.15, -0.1) is 0 Å². The molecule has 0 spiro atoms. The molecule has 5 rings (SSSR count). The number of amidine groups is 1. The lowest BCUT2D eigenvalue weighted by molar-refractivity contribution is -0.126. The van der Waals surface area contributed by atoms with Crippen molar-refractivity contribution in [3.8, 4) is 0 Å². The summed E-state index contributed by atoms with van der Waals surface area (Å²) in [6.45, 7) is 7.80. The van der Waals surface area contributed by atoms with Gasteiger partial charge >= 0.3 is 0 Å². The molecule has 7 nitrogen and oxygen atoms in total. The summed E-state index contributed by atoms with van der Waals surface area (Å²) in [6, 6.07) is 15.8. The van der Waals surface area contributed by atoms with Crippen LogP contribution in [-0.2, 0) is 4.79 Å². The molecule has 2 aromatic carbocycles. The molecule has 1 fully saturated rings. The number of amides is 2. The highest BCUT2D eigenvalue weighted by molar-refractivity contribution is 6.38. The number of fused-ring (bicyclic) bond motifs is 1. The second-order valence-electron chi connectivity index (χ2n) is 9.29. The lowest BCUT2D eigenvalue weighted by atomic mass is 10.0. The summed E-state index contributed by atoms with van der Waals surface area (Å²) < 4.78 is 5.80. The number of carbonyl (C=O) groups excluding carboxylic acids is 2. The van der Waals surface area contributed by atoms with Gasteiger partial charge in [-0.25, -0.2) is 0 Å². The minimum Gasteiger partial charge on any atom is -0.461 e. The first kappa shape index (κ1) is 22.9. The fourth-order valence-electron chi connectivity index (χ4n) is 4.93. The Bertz CT molecular complexity index is 1350. The molecule has 35 heavy (non-hydrogen) atoms. The van der Waals surface area contributed by atoms with Crippen LogP contribution in [-0.4, -0.2) is 59.7 Å². The largest absolute Gasteiger partial charge is 0.461 e. The normalized spacial score (nSPS) is 18.5. The summed E-state index contributed by atoms with van der Waals surface area (Å²) in [5.41, 5.74) is 4.79. The van der Waals surface area contributed by atoms with Gasteiger partial charge in [0.1, 0.15) is 11.3 Å². The van der Waals surface area contributed by atoms with Gasteiger partial charge in [0.05, 0.1) is 5.56 Å². The van der Waals surface area contributed by atoms with Crippen molar-refractivity contribution in [1.82, 2.24) is 15.1 Å². The Morgan fingerprint density at radius 3 is 2.69 bits per heavy atom. The third-order valence-electron chi connectivity index (χ3n) is 6.79. The zero-order valence-corrected chi connectivity index (χ0v) is 20.4. The average molecular weight is 471 g/mol. The van der Waals surface area contributed by atoms with Crippen molar-refractivity contribution in [3.05, 3.63) is 77.2 Å². The predicted molar refractivity (Wildman–Crippen MR) is 137 cm³/mol. The fraction of sp³-hybridized carbons (Fsp3) is 0.321. The van der Waals surface area contributed by atoms with E-state index in [1.807, 2.05) is 55.3 Å². The molecule has 0 bridgehead atoms. The average Bonchev–Trinajstić information content (AvgIpc) is 3.01. The Morgan fingerprint density at radius 2 is 1.89 bits per heavy atom. The van der Waals surface area contributed by atoms with Crippen LogP contribution in [0.3, 0.4) is 0 Å². The maximum atomic E-state index is 13.4. The number of nitrogens with one attached hydrogen (secondary N) is 1. The van der Waals surface area contributed by atoms with E-state index >= 15 is 0 Å². The van der Waals surface area contributed by atoms with Gasteiger partial charge in [-0.1, -0.05) is 48.0 Å². The predicted octanol–water partition coefficient (Wildman–Crippen LogP) is 4.16. The number of aliphatic imine (C=N–C) groups is 1. The van der Waals surface area contributed by atoms with Gasteiger partial charge in [0.2, 0.25) is 0 Å². The number of nitrogens with zero attached hydrogens (tertiary/aromatic N) is 3. The third kappa shape index (κ3) is 4.46. The summed E-state index contributed by atoms with van der Waals surface area (Å²) in [5, 5.41) is 3.98. The van der Waals surface area contributed by atoms with Crippen LogP contribution in [0, 0.1) is 13.8 Å². The SMILES string of the molecule is Cc1cccc(C2=CNC(C(=O)N3CCN(C(=O)c4c(C)oc5ccccc45)C(C)C3)=NCC2)c1. The smallest absolute Gasteiger partial charge is 0.289 e. The van der Waals surface area contributed by atoms with Crippen LogP contribution in [0.2, 0.25) is 0 Å². The standard InChI is InChI=1S/C28H30N4O3/c1-18-7-6-8-21(15-18)22-11-12-29-26(30-16-22)28(34)31-13-14-32(19(2)17-31)27(33)25-20(3)35-24-10-5-4-9-23(24)25/h4-10,15-16,19H,11-14,17H2,1-3H3,(H,29,30). The molecule has 0 saturated carbocycles. The second kappa shape index (κ2) is 9.41. The van der Waals surface area contributed by atoms with E-state index in [1.165, 1.54) is 5.56 Å². The molecular formula is C28H30N4O3. The van der Waals surface area contributed by atoms with Crippen molar-refractivity contribution >= 4 is 34.2 Å². The highest BCUT2D eigenvalue weighted by Gasteiger charge is 2.34. The Kier molecular flexibility index (Phi) is 6.16. The molecule has 3 aromatic rings. The highest BCUT2D eigenvalue weighted by atomic mass is 16.3. The summed E-state index contributed by atoms with van der Waals surface area (Å²) >= 11 is 0. The highest BCUT2D eigenvalue weighted by Crippen LogP contribution is 2.28. The van der Waals surface area contributed by atoms with E-state index in [-0.39, 0.29) is 17.9 Å². The number of hydrogen-bond donors (Lipinski definition) is 1. The molecule has 1 atom stereocenters. The van der Waals surface area contributed by atoms with Crippen molar-refractivity contribution in [2.24, 2.45) is 4.99 Å². The summed E-state index contributed by atoms with van der Waals surface area (Å²) in [4.78, 5) is 34.9. The number of hydrogen-bond acceptors (Lipinski definition) is 5. The molecule has 7 heteroatoms. The summed E-state index contributed by atoms with van der Waals surface area (Å²) in [6.07, 6.45) is 2.67. The van der Waals surface area contributed by atoms with Crippen molar-refractivity contribution in [2.75, 3.05) is 26.2 Å². The topological polar surface area (TPSA) is 78.2 Å². The molecule has 1 N–H and O–H groups in total. The van der Waals surface area contributed by atoms with Gasteiger partial charge in [0, 0.05) is 43.8 Å². The summed E-state index contributed by atoms with van der Waals surface area (Å²) in [7, 11) is 0. The second-order valence-corrected chi connectivity index (χ2v) is 9.29. The van der Waals surface area contributed by atoms with Crippen molar-refractivity contribution in [3.63, 3.8) is 0 Å². The Morgan fingerprint density at radius 1 is 1.06 bits per heavy atom. The van der Waals surface area contributed by atoms with Crippen LogP contribution in [0.4, 0.5) is 0 Å². The molecule has 0 aliphatic carbocycles. The number of rotatable bonds is 3. The number of aryl methyl sites for hydroxylation is 2. The van der Waals surface area contributed by atoms with Gasteiger partial charge in [-0.3, -0.25) is 14.6 Å². The van der Waals surface area contributed by atoms with E-state index in [1.54, 1.807) is 4.90 Å². The molecule has 2 amide bonds. The minimum absolute atomic E-state index is 0.0530. The molecule has 1 unspecified atom stereocenters. The number of piperazine rings is 1. The number of carbonyl (C=O) groups is 2. The molecule has 2 aliphatic rings. The molecule has 0 radical (unpaired) electrons. The van der Waals surface area contributed by atoms with E-state index in [9.17, 15) is 9.59 Å². The zero-order valence-electron chi connectivity index (χ0n) is 20.4. The first-order valence-corrected chi connectivity index (χ1v) is 12.1. The van der Waals surface area contributed by atoms with Gasteiger partial charge in [0.25, 0.3) is 11.8 Å². The monoisotopic (exact) mass is 470 g/mol. The third-order valence-corrected chi connectivity index (χ3v) is 6.79. The fourth-order valence-corrected chi connectivity index (χ4v) is 4.93. The van der Waals surface area contributed by atoms with E-state index in [2.05, 4.69) is 35.4 Å². The van der Waals surface area contributed by atoms with Crippen LogP contribution in [0.5, 0.6) is 0 Å². The molecule has 180 valence electrons. The van der Waals surface area contributed by atoms with Crippen LogP contribution in [0.25, 0.3) is 16.5 Å². The van der Waals surface area contributed by atoms with Gasteiger partial charge in [-0.2, -0.15) is 0 Å². The maximum Gasteiger partial charge on any atom is 0.289 e. The van der Waals surface area contributed by atoms with Gasteiger partial charge in [-0.05, 0) is 44.4 Å². The van der Waals surface area contributed by atoms with Crippen molar-refractivity contribution in [2.45, 2.75) is 33.2 Å². The minimum atomic E-state index is -0.129. The maximum absolute atomic E-state index is 13.4. The zero-order chi connectivity index (χ0) is 24.5. The first-order valence-electron chi connectivity index (χ1n) is 12.1. The van der Waals surface area contributed by atoms with Crippen LogP contribution >= 0.6 is 0 Å². The van der Waals surface area contributed by atoms with E-state index in [0.29, 0.717) is 48.9 Å². The Balaban J connectivity index is 1.27. The van der Waals surface area contributed by atoms with Crippen LogP contribution in [0.1, 0.15) is 40.6 Å². The molecular weight excluding hydrogens is 440 g/mol. The van der Waals surface area contributed by atoms with Gasteiger partial charge < -0.3 is 19.5 Å². The lowest BCUT2D eigenvalue weighted by Crippen LogP contribution is -2.57. The van der Waals surface area contributed by atoms with E-state index in [0.717, 1.165) is 22.9 Å². The Labute approximate surface area is 205 Å². The van der Waals surface area contributed by atoms with Crippen molar-refractivity contribution in [1.29, 1.82) is 0 Å².